The van der Waals surface area contributed by atoms with E-state index in [1.165, 1.54) is 10.7 Å². The quantitative estimate of drug-likeness (QED) is 0.769. The zero-order valence-corrected chi connectivity index (χ0v) is 15.0. The smallest absolute Gasteiger partial charge is 0.262 e. The summed E-state index contributed by atoms with van der Waals surface area (Å²) in [6.45, 7) is 2.04. The fourth-order valence-electron chi connectivity index (χ4n) is 3.39. The Morgan fingerprint density at radius 2 is 2.00 bits per heavy atom. The molecule has 0 spiro atoms. The van der Waals surface area contributed by atoms with Gasteiger partial charge in [-0.3, -0.25) is 9.48 Å². The molecule has 1 fully saturated rings. The third-order valence-corrected chi connectivity index (χ3v) is 4.88. The van der Waals surface area contributed by atoms with E-state index in [1.54, 1.807) is 36.7 Å². The molecule has 4 rings (SSSR count). The Labute approximate surface area is 156 Å². The van der Waals surface area contributed by atoms with E-state index in [0.29, 0.717) is 17.5 Å². The van der Waals surface area contributed by atoms with Crippen LogP contribution in [0.5, 0.6) is 0 Å². The number of aromatic nitrogens is 4. The van der Waals surface area contributed by atoms with E-state index in [0.717, 1.165) is 25.9 Å². The minimum absolute atomic E-state index is 0.0601. The second kappa shape index (κ2) is 7.32. The number of hydrogen-bond acceptors (Lipinski definition) is 4. The van der Waals surface area contributed by atoms with E-state index >= 15 is 0 Å². The van der Waals surface area contributed by atoms with E-state index in [1.807, 2.05) is 10.9 Å². The Hall–Kier alpha value is -3.00. The summed E-state index contributed by atoms with van der Waals surface area (Å²) >= 11 is 0. The summed E-state index contributed by atoms with van der Waals surface area (Å²) in [6, 6.07) is 8.25. The van der Waals surface area contributed by atoms with Crippen molar-refractivity contribution in [3.63, 3.8) is 0 Å². The van der Waals surface area contributed by atoms with Crippen LogP contribution in [0.4, 0.5) is 10.2 Å². The molecule has 1 aliphatic heterocycles. The number of carbonyl (C=O) groups excluding carboxylic acids is 1. The maximum absolute atomic E-state index is 14.4. The van der Waals surface area contributed by atoms with Crippen molar-refractivity contribution in [2.24, 2.45) is 0 Å². The summed E-state index contributed by atoms with van der Waals surface area (Å²) in [5.74, 6) is -0.740. The molecular weight excluding hydrogens is 347 g/mol. The van der Waals surface area contributed by atoms with Crippen LogP contribution in [0.2, 0.25) is 0 Å². The Balaban J connectivity index is 1.54. The molecule has 8 heteroatoms. The van der Waals surface area contributed by atoms with Crippen LogP contribution in [-0.4, -0.2) is 50.5 Å². The predicted octanol–water partition coefficient (Wildman–Crippen LogP) is 2.73. The van der Waals surface area contributed by atoms with E-state index in [2.05, 4.69) is 27.5 Å². The average molecular weight is 368 g/mol. The Morgan fingerprint density at radius 3 is 2.74 bits per heavy atom. The number of anilines is 1. The fraction of sp³-hybridized carbons (Fsp3) is 0.316. The van der Waals surface area contributed by atoms with Crippen molar-refractivity contribution in [3.8, 4) is 5.69 Å². The monoisotopic (exact) mass is 368 g/mol. The van der Waals surface area contributed by atoms with Crippen molar-refractivity contribution >= 4 is 11.7 Å². The van der Waals surface area contributed by atoms with Gasteiger partial charge >= 0.3 is 0 Å². The molecule has 3 aromatic rings. The number of hydrogen-bond donors (Lipinski definition) is 1. The second-order valence-electron chi connectivity index (χ2n) is 6.75. The van der Waals surface area contributed by atoms with Gasteiger partial charge in [-0.05, 0) is 51.2 Å². The Kier molecular flexibility index (Phi) is 4.72. The molecule has 0 aliphatic carbocycles. The van der Waals surface area contributed by atoms with Crippen molar-refractivity contribution in [3.05, 3.63) is 60.3 Å². The van der Waals surface area contributed by atoms with Gasteiger partial charge in [0, 0.05) is 24.7 Å². The van der Waals surface area contributed by atoms with Gasteiger partial charge in [0.05, 0.1) is 11.7 Å². The number of likely N-dealkylation sites (tertiary alicyclic amines) is 1. The molecular formula is C19H21FN6O. The number of rotatable bonds is 4. The van der Waals surface area contributed by atoms with Gasteiger partial charge in [-0.2, -0.15) is 10.2 Å². The van der Waals surface area contributed by atoms with E-state index < -0.39 is 11.7 Å². The number of nitrogens with zero attached hydrogens (tertiary/aromatic N) is 5. The van der Waals surface area contributed by atoms with Gasteiger partial charge in [-0.25, -0.2) is 9.07 Å². The average Bonchev–Trinajstić information content (AvgIpc) is 3.34. The van der Waals surface area contributed by atoms with Crippen LogP contribution >= 0.6 is 0 Å². The molecule has 7 nitrogen and oxygen atoms in total. The van der Waals surface area contributed by atoms with Crippen molar-refractivity contribution in [1.29, 1.82) is 0 Å². The standard InChI is InChI=1S/C19H21FN6O/c1-24-11-6-14(7-12-24)25-13-8-17(23-25)22-19(27)18-15(20)4-2-5-16(18)26-10-3-9-21-26/h2-5,8-10,13-14H,6-7,11-12H2,1H3,(H,22,23,27). The van der Waals surface area contributed by atoms with Crippen molar-refractivity contribution in [1.82, 2.24) is 24.5 Å². The molecule has 0 unspecified atom stereocenters. The van der Waals surface area contributed by atoms with E-state index in [-0.39, 0.29) is 5.56 Å². The summed E-state index contributed by atoms with van der Waals surface area (Å²) in [4.78, 5) is 15.0. The highest BCUT2D eigenvalue weighted by molar-refractivity contribution is 6.06. The lowest BCUT2D eigenvalue weighted by molar-refractivity contribution is 0.102. The summed E-state index contributed by atoms with van der Waals surface area (Å²) in [5, 5.41) is 11.3. The summed E-state index contributed by atoms with van der Waals surface area (Å²) in [5.41, 5.74) is 0.322. The van der Waals surface area contributed by atoms with Gasteiger partial charge in [-0.15, -0.1) is 0 Å². The number of piperidine rings is 1. The molecule has 1 aliphatic rings. The first-order valence-electron chi connectivity index (χ1n) is 8.95. The lowest BCUT2D eigenvalue weighted by Crippen LogP contribution is -2.31. The topological polar surface area (TPSA) is 68.0 Å². The molecule has 0 atom stereocenters. The van der Waals surface area contributed by atoms with Gasteiger partial charge in [0.15, 0.2) is 5.82 Å². The summed E-state index contributed by atoms with van der Waals surface area (Å²) in [6.07, 6.45) is 7.14. The largest absolute Gasteiger partial charge is 0.306 e. The lowest BCUT2D eigenvalue weighted by Gasteiger charge is -2.28. The zero-order chi connectivity index (χ0) is 18.8. The van der Waals surface area contributed by atoms with Crippen molar-refractivity contribution in [2.75, 3.05) is 25.5 Å². The van der Waals surface area contributed by atoms with Crippen LogP contribution in [-0.2, 0) is 0 Å². The minimum atomic E-state index is -0.602. The Morgan fingerprint density at radius 1 is 1.19 bits per heavy atom. The summed E-state index contributed by atoms with van der Waals surface area (Å²) < 4.78 is 17.8. The molecule has 3 heterocycles. The first-order chi connectivity index (χ1) is 13.1. The van der Waals surface area contributed by atoms with E-state index in [9.17, 15) is 9.18 Å². The number of nitrogens with one attached hydrogen (secondary N) is 1. The molecule has 2 aromatic heterocycles. The number of carbonyl (C=O) groups is 1. The SMILES string of the molecule is CN1CCC(n2ccc(NC(=O)c3c(F)cccc3-n3cccn3)n2)CC1. The van der Waals surface area contributed by atoms with Crippen LogP contribution < -0.4 is 5.32 Å². The molecule has 27 heavy (non-hydrogen) atoms. The highest BCUT2D eigenvalue weighted by Gasteiger charge is 2.21. The molecule has 1 N–H and O–H groups in total. The van der Waals surface area contributed by atoms with Crippen LogP contribution in [0.25, 0.3) is 5.69 Å². The number of halogens is 1. The number of amides is 1. The maximum Gasteiger partial charge on any atom is 0.262 e. The molecule has 0 radical (unpaired) electrons. The van der Waals surface area contributed by atoms with Crippen LogP contribution in [0.15, 0.2) is 48.9 Å². The molecule has 0 saturated carbocycles. The highest BCUT2D eigenvalue weighted by Crippen LogP contribution is 2.23. The molecule has 1 saturated heterocycles. The molecule has 140 valence electrons. The van der Waals surface area contributed by atoms with Crippen molar-refractivity contribution in [2.45, 2.75) is 18.9 Å². The fourth-order valence-corrected chi connectivity index (χ4v) is 3.39. The molecule has 1 aromatic carbocycles. The van der Waals surface area contributed by atoms with Gasteiger partial charge in [0.25, 0.3) is 5.91 Å². The third kappa shape index (κ3) is 3.61. The maximum atomic E-state index is 14.4. The van der Waals surface area contributed by atoms with Gasteiger partial charge < -0.3 is 10.2 Å². The highest BCUT2D eigenvalue weighted by atomic mass is 19.1. The second-order valence-corrected chi connectivity index (χ2v) is 6.75. The third-order valence-electron chi connectivity index (χ3n) is 4.88. The first kappa shape index (κ1) is 17.4. The van der Waals surface area contributed by atoms with Crippen molar-refractivity contribution < 1.29 is 9.18 Å². The summed E-state index contributed by atoms with van der Waals surface area (Å²) in [7, 11) is 2.11. The van der Waals surface area contributed by atoms with Crippen LogP contribution in [0.1, 0.15) is 29.2 Å². The first-order valence-corrected chi connectivity index (χ1v) is 8.95. The predicted molar refractivity (Wildman–Crippen MR) is 99.5 cm³/mol. The van der Waals surface area contributed by atoms with E-state index in [4.69, 9.17) is 0 Å². The normalized spacial score (nSPS) is 15.8. The zero-order valence-electron chi connectivity index (χ0n) is 15.0. The molecule has 1 amide bonds. The molecule has 0 bridgehead atoms. The Bertz CT molecular complexity index is 928. The van der Waals surface area contributed by atoms with Gasteiger partial charge in [-0.1, -0.05) is 6.07 Å². The van der Waals surface area contributed by atoms with Gasteiger partial charge in [0.1, 0.15) is 11.4 Å². The number of benzene rings is 1. The van der Waals surface area contributed by atoms with Crippen LogP contribution in [0, 0.1) is 5.82 Å². The lowest BCUT2D eigenvalue weighted by atomic mass is 10.1. The minimum Gasteiger partial charge on any atom is -0.306 e. The van der Waals surface area contributed by atoms with Gasteiger partial charge in [0.2, 0.25) is 0 Å². The van der Waals surface area contributed by atoms with Crippen LogP contribution in [0.3, 0.4) is 0 Å².